The van der Waals surface area contributed by atoms with Crippen LogP contribution in [0.4, 0.5) is 4.39 Å². The van der Waals surface area contributed by atoms with Crippen molar-refractivity contribution in [3.05, 3.63) is 35.1 Å². The molecule has 3 rings (SSSR count). The zero-order valence-corrected chi connectivity index (χ0v) is 10.7. The van der Waals surface area contributed by atoms with Gasteiger partial charge in [0.2, 0.25) is 0 Å². The molecule has 0 radical (unpaired) electrons. The Morgan fingerprint density at radius 2 is 2.06 bits per heavy atom. The van der Waals surface area contributed by atoms with Crippen LogP contribution < -0.4 is 0 Å². The number of hydrogen-bond acceptors (Lipinski definition) is 1. The number of carbonyl (C=O) groups is 1. The molecule has 0 unspecified atom stereocenters. The Balaban J connectivity index is 1.79. The van der Waals surface area contributed by atoms with Gasteiger partial charge >= 0.3 is 0 Å². The van der Waals surface area contributed by atoms with Crippen molar-refractivity contribution in [2.24, 2.45) is 5.92 Å². The minimum atomic E-state index is -0.244. The Hall–Kier alpha value is -1.38. The minimum absolute atomic E-state index is 0.0764. The molecular formula is C15H18FNO. The van der Waals surface area contributed by atoms with E-state index in [4.69, 9.17) is 0 Å². The Morgan fingerprint density at radius 1 is 1.33 bits per heavy atom. The van der Waals surface area contributed by atoms with E-state index in [9.17, 15) is 9.18 Å². The SMILES string of the molecule is Cc1cc(C(=O)N(CC2CC2)C2CC2)ccc1F. The maximum Gasteiger partial charge on any atom is 0.254 e. The second kappa shape index (κ2) is 4.38. The van der Waals surface area contributed by atoms with Crippen molar-refractivity contribution in [2.75, 3.05) is 6.54 Å². The lowest BCUT2D eigenvalue weighted by atomic mass is 10.1. The van der Waals surface area contributed by atoms with Crippen LogP contribution >= 0.6 is 0 Å². The zero-order chi connectivity index (χ0) is 12.7. The van der Waals surface area contributed by atoms with Crippen LogP contribution in [0.2, 0.25) is 0 Å². The van der Waals surface area contributed by atoms with E-state index in [0.29, 0.717) is 23.1 Å². The van der Waals surface area contributed by atoms with Gasteiger partial charge in [-0.3, -0.25) is 4.79 Å². The molecule has 0 atom stereocenters. The molecule has 1 amide bonds. The maximum absolute atomic E-state index is 13.2. The van der Waals surface area contributed by atoms with Crippen LogP contribution in [0.3, 0.4) is 0 Å². The van der Waals surface area contributed by atoms with Gasteiger partial charge in [-0.1, -0.05) is 0 Å². The zero-order valence-electron chi connectivity index (χ0n) is 10.7. The molecular weight excluding hydrogens is 229 g/mol. The lowest BCUT2D eigenvalue weighted by Gasteiger charge is -2.22. The number of halogens is 1. The fourth-order valence-electron chi connectivity index (χ4n) is 2.31. The molecule has 0 heterocycles. The van der Waals surface area contributed by atoms with Gasteiger partial charge in [-0.2, -0.15) is 0 Å². The van der Waals surface area contributed by atoms with Crippen LogP contribution in [0.25, 0.3) is 0 Å². The van der Waals surface area contributed by atoms with Crippen LogP contribution in [0.1, 0.15) is 41.6 Å². The highest BCUT2D eigenvalue weighted by Crippen LogP contribution is 2.35. The van der Waals surface area contributed by atoms with Gasteiger partial charge in [0.1, 0.15) is 5.82 Å². The van der Waals surface area contributed by atoms with Crippen LogP contribution in [0.5, 0.6) is 0 Å². The molecule has 0 spiro atoms. The summed E-state index contributed by atoms with van der Waals surface area (Å²) < 4.78 is 13.2. The van der Waals surface area contributed by atoms with Gasteiger partial charge in [-0.15, -0.1) is 0 Å². The molecule has 96 valence electrons. The Labute approximate surface area is 107 Å². The molecule has 0 saturated heterocycles. The second-order valence-corrected chi connectivity index (χ2v) is 5.60. The predicted octanol–water partition coefficient (Wildman–Crippen LogP) is 3.15. The summed E-state index contributed by atoms with van der Waals surface area (Å²) in [6, 6.07) is 5.10. The fraction of sp³-hybridized carbons (Fsp3) is 0.533. The highest BCUT2D eigenvalue weighted by Gasteiger charge is 2.36. The van der Waals surface area contributed by atoms with Crippen molar-refractivity contribution < 1.29 is 9.18 Å². The monoisotopic (exact) mass is 247 g/mol. The van der Waals surface area contributed by atoms with E-state index >= 15 is 0 Å². The summed E-state index contributed by atoms with van der Waals surface area (Å²) in [5.74, 6) is 0.537. The topological polar surface area (TPSA) is 20.3 Å². The van der Waals surface area contributed by atoms with Gasteiger partial charge in [0.05, 0.1) is 0 Å². The first-order valence-corrected chi connectivity index (χ1v) is 6.72. The highest BCUT2D eigenvalue weighted by atomic mass is 19.1. The Kier molecular flexibility index (Phi) is 2.84. The third-order valence-electron chi connectivity index (χ3n) is 3.81. The van der Waals surface area contributed by atoms with E-state index in [1.165, 1.54) is 18.9 Å². The van der Waals surface area contributed by atoms with Crippen molar-refractivity contribution in [3.63, 3.8) is 0 Å². The number of benzene rings is 1. The standard InChI is InChI=1S/C15H18FNO/c1-10-8-12(4-7-14(10)16)15(18)17(13-5-6-13)9-11-2-3-11/h4,7-8,11,13H,2-3,5-6,9H2,1H3. The van der Waals surface area contributed by atoms with Gasteiger partial charge in [-0.25, -0.2) is 4.39 Å². The normalized spacial score (nSPS) is 18.8. The smallest absolute Gasteiger partial charge is 0.254 e. The number of aryl methyl sites for hydroxylation is 1. The van der Waals surface area contributed by atoms with Crippen molar-refractivity contribution >= 4 is 5.91 Å². The quantitative estimate of drug-likeness (QED) is 0.800. The largest absolute Gasteiger partial charge is 0.335 e. The molecule has 0 bridgehead atoms. The van der Waals surface area contributed by atoms with Gasteiger partial charge in [-0.05, 0) is 62.3 Å². The van der Waals surface area contributed by atoms with Crippen molar-refractivity contribution in [1.82, 2.24) is 4.90 Å². The molecule has 1 aromatic rings. The molecule has 2 saturated carbocycles. The fourth-order valence-corrected chi connectivity index (χ4v) is 2.31. The molecule has 2 fully saturated rings. The lowest BCUT2D eigenvalue weighted by Crippen LogP contribution is -2.35. The average Bonchev–Trinajstić information content (AvgIpc) is 3.22. The molecule has 2 aliphatic carbocycles. The van der Waals surface area contributed by atoms with Gasteiger partial charge in [0, 0.05) is 18.2 Å². The summed E-state index contributed by atoms with van der Waals surface area (Å²) in [5, 5.41) is 0. The summed E-state index contributed by atoms with van der Waals surface area (Å²) in [6.07, 6.45) is 4.75. The molecule has 0 aromatic heterocycles. The number of amides is 1. The summed E-state index contributed by atoms with van der Waals surface area (Å²) in [4.78, 5) is 14.5. The van der Waals surface area contributed by atoms with Gasteiger partial charge < -0.3 is 4.90 Å². The van der Waals surface area contributed by atoms with Gasteiger partial charge in [0.25, 0.3) is 5.91 Å². The summed E-state index contributed by atoms with van der Waals surface area (Å²) in [6.45, 7) is 2.59. The minimum Gasteiger partial charge on any atom is -0.335 e. The van der Waals surface area contributed by atoms with E-state index in [2.05, 4.69) is 0 Å². The first-order valence-electron chi connectivity index (χ1n) is 6.72. The Bertz CT molecular complexity index is 477. The maximum atomic E-state index is 13.2. The highest BCUT2D eigenvalue weighted by molar-refractivity contribution is 5.94. The van der Waals surface area contributed by atoms with E-state index in [-0.39, 0.29) is 11.7 Å². The third kappa shape index (κ3) is 2.40. The number of carbonyl (C=O) groups excluding carboxylic acids is 1. The third-order valence-corrected chi connectivity index (χ3v) is 3.81. The molecule has 1 aromatic carbocycles. The summed E-state index contributed by atoms with van der Waals surface area (Å²) in [7, 11) is 0. The molecule has 0 aliphatic heterocycles. The van der Waals surface area contributed by atoms with Crippen molar-refractivity contribution in [3.8, 4) is 0 Å². The number of rotatable bonds is 4. The number of hydrogen-bond donors (Lipinski definition) is 0. The van der Waals surface area contributed by atoms with Crippen molar-refractivity contribution in [1.29, 1.82) is 0 Å². The summed E-state index contributed by atoms with van der Waals surface area (Å²) in [5.41, 5.74) is 1.17. The first-order chi connectivity index (χ1) is 8.65. The molecule has 0 N–H and O–H groups in total. The van der Waals surface area contributed by atoms with Crippen LogP contribution in [0.15, 0.2) is 18.2 Å². The Morgan fingerprint density at radius 3 is 2.61 bits per heavy atom. The molecule has 2 aliphatic rings. The average molecular weight is 247 g/mol. The summed E-state index contributed by atoms with van der Waals surface area (Å²) >= 11 is 0. The first kappa shape index (κ1) is 11.7. The van der Waals surface area contributed by atoms with E-state index in [1.54, 1.807) is 19.1 Å². The van der Waals surface area contributed by atoms with Crippen LogP contribution in [0, 0.1) is 18.7 Å². The molecule has 18 heavy (non-hydrogen) atoms. The molecule has 2 nitrogen and oxygen atoms in total. The second-order valence-electron chi connectivity index (χ2n) is 5.60. The van der Waals surface area contributed by atoms with Crippen LogP contribution in [-0.4, -0.2) is 23.4 Å². The predicted molar refractivity (Wildman–Crippen MR) is 67.9 cm³/mol. The van der Waals surface area contributed by atoms with Crippen LogP contribution in [-0.2, 0) is 0 Å². The van der Waals surface area contributed by atoms with E-state index in [1.807, 2.05) is 4.90 Å². The van der Waals surface area contributed by atoms with Gasteiger partial charge in [0.15, 0.2) is 0 Å². The molecule has 3 heteroatoms. The number of nitrogens with zero attached hydrogens (tertiary/aromatic N) is 1. The van der Waals surface area contributed by atoms with E-state index in [0.717, 1.165) is 19.4 Å². The van der Waals surface area contributed by atoms with E-state index < -0.39 is 0 Å². The lowest BCUT2D eigenvalue weighted by molar-refractivity contribution is 0.0734. The van der Waals surface area contributed by atoms with Crippen molar-refractivity contribution in [2.45, 2.75) is 38.6 Å².